The minimum Gasteiger partial charge on any atom is -0.493 e. The molecule has 2 aliphatic rings. The predicted molar refractivity (Wildman–Crippen MR) is 175 cm³/mol. The molecule has 0 aliphatic carbocycles. The van der Waals surface area contributed by atoms with E-state index in [1.54, 1.807) is 16.8 Å². The maximum absolute atomic E-state index is 13.9. The van der Waals surface area contributed by atoms with Crippen molar-refractivity contribution >= 4 is 40.1 Å². The Hall–Kier alpha value is -4.08. The monoisotopic (exact) mass is 614 g/mol. The van der Waals surface area contributed by atoms with Gasteiger partial charge in [0.25, 0.3) is 5.91 Å². The van der Waals surface area contributed by atoms with Gasteiger partial charge in [0, 0.05) is 55.4 Å². The first-order chi connectivity index (χ1) is 21.4. The van der Waals surface area contributed by atoms with Gasteiger partial charge in [-0.1, -0.05) is 42.8 Å². The molecule has 0 spiro atoms. The molecule has 10 heteroatoms. The van der Waals surface area contributed by atoms with Crippen LogP contribution in [0.1, 0.15) is 37.2 Å². The third-order valence-electron chi connectivity index (χ3n) is 8.68. The van der Waals surface area contributed by atoms with Gasteiger partial charge in [-0.25, -0.2) is 9.78 Å². The number of halogens is 1. The molecule has 2 aromatic carbocycles. The van der Waals surface area contributed by atoms with E-state index in [1.165, 1.54) is 0 Å². The predicted octanol–water partition coefficient (Wildman–Crippen LogP) is 5.76. The Morgan fingerprint density at radius 3 is 2.61 bits per heavy atom. The van der Waals surface area contributed by atoms with Crippen LogP contribution in [0.25, 0.3) is 22.2 Å². The van der Waals surface area contributed by atoms with Crippen LogP contribution in [0.15, 0.2) is 66.9 Å². The van der Waals surface area contributed by atoms with Crippen molar-refractivity contribution in [2.75, 3.05) is 51.3 Å². The summed E-state index contributed by atoms with van der Waals surface area (Å²) in [5.41, 5.74) is 3.42. The van der Waals surface area contributed by atoms with Gasteiger partial charge in [-0.15, -0.1) is 0 Å². The van der Waals surface area contributed by atoms with Crippen LogP contribution in [0.5, 0.6) is 5.75 Å². The molecule has 2 amide bonds. The highest BCUT2D eigenvalue weighted by Gasteiger charge is 2.33. The lowest BCUT2D eigenvalue weighted by Crippen LogP contribution is -2.56. The molecule has 44 heavy (non-hydrogen) atoms. The quantitative estimate of drug-likeness (QED) is 0.285. The number of likely N-dealkylation sites (tertiary alicyclic amines) is 1. The average molecular weight is 615 g/mol. The molecule has 2 aliphatic heterocycles. The Labute approximate surface area is 263 Å². The number of carbonyl (C=O) groups excluding carboxylic acids is 2. The van der Waals surface area contributed by atoms with E-state index in [9.17, 15) is 9.59 Å². The summed E-state index contributed by atoms with van der Waals surface area (Å²) >= 11 is 6.49. The van der Waals surface area contributed by atoms with Gasteiger partial charge in [-0.3, -0.25) is 9.36 Å². The first-order valence-electron chi connectivity index (χ1n) is 15.4. The summed E-state index contributed by atoms with van der Waals surface area (Å²) in [6.07, 6.45) is 3.49. The maximum Gasteiger partial charge on any atom is 0.328 e. The van der Waals surface area contributed by atoms with Crippen LogP contribution in [0.2, 0.25) is 5.02 Å². The van der Waals surface area contributed by atoms with Gasteiger partial charge in [0.05, 0.1) is 28.5 Å². The summed E-state index contributed by atoms with van der Waals surface area (Å²) in [4.78, 5) is 39.0. The fourth-order valence-electron chi connectivity index (χ4n) is 6.42. The third kappa shape index (κ3) is 5.86. The second-order valence-corrected chi connectivity index (χ2v) is 12.0. The Morgan fingerprint density at radius 2 is 1.84 bits per heavy atom. The second kappa shape index (κ2) is 12.9. The lowest BCUT2D eigenvalue weighted by molar-refractivity contribution is 0.0933. The molecule has 1 N–H and O–H groups in total. The molecular formula is C34H39ClN6O3. The van der Waals surface area contributed by atoms with E-state index < -0.39 is 0 Å². The molecule has 2 fully saturated rings. The van der Waals surface area contributed by atoms with Gasteiger partial charge in [-0.05, 0) is 69.8 Å². The number of anilines is 1. The van der Waals surface area contributed by atoms with Crippen molar-refractivity contribution in [1.29, 1.82) is 0 Å². The van der Waals surface area contributed by atoms with Crippen LogP contribution in [0.4, 0.5) is 10.5 Å². The summed E-state index contributed by atoms with van der Waals surface area (Å²) in [6, 6.07) is 19.3. The van der Waals surface area contributed by atoms with E-state index in [0.717, 1.165) is 53.8 Å². The summed E-state index contributed by atoms with van der Waals surface area (Å²) in [5.74, 6) is 0.549. The van der Waals surface area contributed by atoms with Crippen LogP contribution in [0.3, 0.4) is 0 Å². The topological polar surface area (TPSA) is 82.9 Å². The number of amides is 2. The highest BCUT2D eigenvalue weighted by Crippen LogP contribution is 2.33. The van der Waals surface area contributed by atoms with Crippen molar-refractivity contribution in [2.45, 2.75) is 38.8 Å². The van der Waals surface area contributed by atoms with E-state index in [0.29, 0.717) is 42.7 Å². The number of fused-ring (bicyclic) bond motifs is 1. The molecule has 230 valence electrons. The number of para-hydroxylation sites is 2. The molecule has 2 saturated heterocycles. The van der Waals surface area contributed by atoms with Crippen molar-refractivity contribution in [2.24, 2.45) is 0 Å². The first-order valence-corrected chi connectivity index (χ1v) is 15.8. The van der Waals surface area contributed by atoms with Gasteiger partial charge in [0.2, 0.25) is 0 Å². The van der Waals surface area contributed by atoms with Crippen molar-refractivity contribution in [3.8, 4) is 17.0 Å². The lowest BCUT2D eigenvalue weighted by atomic mass is 10.0. The molecule has 0 bridgehead atoms. The molecule has 0 unspecified atom stereocenters. The highest BCUT2D eigenvalue weighted by molar-refractivity contribution is 6.35. The second-order valence-electron chi connectivity index (χ2n) is 11.6. The zero-order valence-electron chi connectivity index (χ0n) is 25.5. The SMILES string of the molecule is CCOc1ccccc1-c1ccc(N2CCN(C(=O)n3ccc4cccc(Cl)c43)C[C@H]2CC)c(C(=O)N[C@@H]2CCN(C)C2)n1. The Balaban J connectivity index is 1.31. The van der Waals surface area contributed by atoms with Gasteiger partial charge in [0.15, 0.2) is 5.69 Å². The molecule has 2 atom stereocenters. The smallest absolute Gasteiger partial charge is 0.328 e. The van der Waals surface area contributed by atoms with Crippen molar-refractivity contribution in [3.63, 3.8) is 0 Å². The van der Waals surface area contributed by atoms with Gasteiger partial charge in [0.1, 0.15) is 5.75 Å². The minimum absolute atomic E-state index is 0.00229. The van der Waals surface area contributed by atoms with Crippen LogP contribution in [0, 0.1) is 0 Å². The summed E-state index contributed by atoms with van der Waals surface area (Å²) in [7, 11) is 2.07. The van der Waals surface area contributed by atoms with E-state index in [-0.39, 0.29) is 24.0 Å². The van der Waals surface area contributed by atoms with Gasteiger partial charge < -0.3 is 24.8 Å². The zero-order valence-corrected chi connectivity index (χ0v) is 26.3. The maximum atomic E-state index is 13.9. The van der Waals surface area contributed by atoms with Crippen molar-refractivity contribution < 1.29 is 14.3 Å². The number of carbonyl (C=O) groups is 2. The van der Waals surface area contributed by atoms with E-state index in [4.69, 9.17) is 21.3 Å². The van der Waals surface area contributed by atoms with Crippen LogP contribution < -0.4 is 15.0 Å². The minimum atomic E-state index is -0.183. The van der Waals surface area contributed by atoms with Crippen molar-refractivity contribution in [3.05, 3.63) is 77.6 Å². The Kier molecular flexibility index (Phi) is 8.77. The number of piperazine rings is 1. The summed E-state index contributed by atoms with van der Waals surface area (Å²) in [6.45, 7) is 7.94. The average Bonchev–Trinajstić information content (AvgIpc) is 3.67. The molecule has 2 aromatic heterocycles. The largest absolute Gasteiger partial charge is 0.493 e. The lowest BCUT2D eigenvalue weighted by Gasteiger charge is -2.43. The number of likely N-dealkylation sites (N-methyl/N-ethyl adjacent to an activating group) is 1. The summed E-state index contributed by atoms with van der Waals surface area (Å²) in [5, 5.41) is 4.72. The Bertz CT molecular complexity index is 1670. The number of pyridine rings is 1. The molecule has 6 rings (SSSR count). The number of ether oxygens (including phenoxy) is 1. The van der Waals surface area contributed by atoms with Crippen molar-refractivity contribution in [1.82, 2.24) is 24.7 Å². The van der Waals surface area contributed by atoms with E-state index >= 15 is 0 Å². The van der Waals surface area contributed by atoms with Crippen LogP contribution >= 0.6 is 11.6 Å². The molecule has 9 nitrogen and oxygen atoms in total. The summed E-state index contributed by atoms with van der Waals surface area (Å²) < 4.78 is 7.53. The van der Waals surface area contributed by atoms with E-state index in [1.807, 2.05) is 66.4 Å². The van der Waals surface area contributed by atoms with E-state index in [2.05, 4.69) is 29.1 Å². The molecule has 0 saturated carbocycles. The number of nitrogens with zero attached hydrogens (tertiary/aromatic N) is 5. The molecule has 4 heterocycles. The van der Waals surface area contributed by atoms with Gasteiger partial charge >= 0.3 is 6.03 Å². The number of nitrogens with one attached hydrogen (secondary N) is 1. The fraction of sp³-hybridized carbons (Fsp3) is 0.382. The third-order valence-corrected chi connectivity index (χ3v) is 8.99. The normalized spacial score (nSPS) is 19.0. The standard InChI is InChI=1S/C34H39ClN6O3/c1-4-25-22-39(34(43)41-18-15-23-9-8-11-27(35)32(23)41)19-20-40(25)29-14-13-28(26-10-6-7-12-30(26)44-5-2)37-31(29)33(42)36-24-16-17-38(3)21-24/h6-15,18,24-25H,4-5,16-17,19-22H2,1-3H3,(H,36,42)/t24-,25-/m1/s1. The molecule has 4 aromatic rings. The molecule has 0 radical (unpaired) electrons. The van der Waals surface area contributed by atoms with Gasteiger partial charge in [-0.2, -0.15) is 0 Å². The highest BCUT2D eigenvalue weighted by atomic mass is 35.5. The zero-order chi connectivity index (χ0) is 30.8. The first kappa shape index (κ1) is 30.0. The Morgan fingerprint density at radius 1 is 1.00 bits per heavy atom. The fourth-order valence-corrected chi connectivity index (χ4v) is 6.70. The molecular weight excluding hydrogens is 576 g/mol. The number of hydrogen-bond donors (Lipinski definition) is 1. The number of rotatable bonds is 7. The number of hydrogen-bond acceptors (Lipinski definition) is 6. The number of benzene rings is 2. The number of aromatic nitrogens is 2. The van der Waals surface area contributed by atoms with Crippen LogP contribution in [-0.4, -0.2) is 89.8 Å². The van der Waals surface area contributed by atoms with Crippen LogP contribution in [-0.2, 0) is 0 Å².